The molecule has 1 unspecified atom stereocenters. The molecule has 0 bridgehead atoms. The van der Waals surface area contributed by atoms with E-state index in [2.05, 4.69) is 5.10 Å². The third-order valence-electron chi connectivity index (χ3n) is 2.45. The zero-order valence-electron chi connectivity index (χ0n) is 9.25. The first-order chi connectivity index (χ1) is 7.58. The average molecular weight is 251 g/mol. The molecule has 0 aliphatic heterocycles. The van der Waals surface area contributed by atoms with E-state index < -0.39 is 24.1 Å². The summed E-state index contributed by atoms with van der Waals surface area (Å²) in [6, 6.07) is 1.37. The van der Waals surface area contributed by atoms with Crippen molar-refractivity contribution in [3.63, 3.8) is 0 Å². The van der Waals surface area contributed by atoms with Gasteiger partial charge in [0.2, 0.25) is 5.54 Å². The molecule has 0 saturated carbocycles. The van der Waals surface area contributed by atoms with E-state index in [9.17, 15) is 18.0 Å². The highest BCUT2D eigenvalue weighted by Crippen LogP contribution is 2.31. The molecule has 8 heteroatoms. The van der Waals surface area contributed by atoms with Crippen LogP contribution in [0.15, 0.2) is 6.07 Å². The largest absolute Gasteiger partial charge is 0.480 e. The lowest BCUT2D eigenvalue weighted by Crippen LogP contribution is -2.61. The molecule has 1 rings (SSSR count). The van der Waals surface area contributed by atoms with Crippen LogP contribution in [0.3, 0.4) is 0 Å². The van der Waals surface area contributed by atoms with Gasteiger partial charge in [-0.15, -0.1) is 0 Å². The Morgan fingerprint density at radius 3 is 2.41 bits per heavy atom. The Labute approximate surface area is 95.0 Å². The molecule has 1 heterocycles. The summed E-state index contributed by atoms with van der Waals surface area (Å²) in [6.07, 6.45) is -5.89. The topological polar surface area (TPSA) is 81.1 Å². The van der Waals surface area contributed by atoms with Crippen LogP contribution in [0.1, 0.15) is 11.4 Å². The second-order valence-electron chi connectivity index (χ2n) is 3.85. The number of carbonyl (C=O) groups is 1. The van der Waals surface area contributed by atoms with E-state index in [0.29, 0.717) is 5.69 Å². The smallest absolute Gasteiger partial charge is 0.417 e. The molecule has 1 aromatic heterocycles. The number of halogens is 3. The molecule has 1 atom stereocenters. The van der Waals surface area contributed by atoms with Crippen LogP contribution in [0.25, 0.3) is 0 Å². The average Bonchev–Trinajstić information content (AvgIpc) is 2.42. The van der Waals surface area contributed by atoms with Crippen LogP contribution in [0, 0.1) is 6.92 Å². The minimum absolute atomic E-state index is 0.115. The maximum absolute atomic E-state index is 12.6. The van der Waals surface area contributed by atoms with Crippen molar-refractivity contribution in [2.75, 3.05) is 0 Å². The second kappa shape index (κ2) is 4.02. The van der Waals surface area contributed by atoms with Crippen LogP contribution in [-0.4, -0.2) is 32.6 Å². The van der Waals surface area contributed by atoms with E-state index >= 15 is 0 Å². The number of hydrogen-bond donors (Lipinski definition) is 2. The molecular formula is C9H12F3N3O2. The van der Waals surface area contributed by atoms with Gasteiger partial charge in [-0.3, -0.25) is 4.68 Å². The van der Waals surface area contributed by atoms with Gasteiger partial charge in [0.05, 0.1) is 5.69 Å². The van der Waals surface area contributed by atoms with Gasteiger partial charge in [0.1, 0.15) is 0 Å². The molecule has 96 valence electrons. The summed E-state index contributed by atoms with van der Waals surface area (Å²) in [6.45, 7) is 1.59. The van der Waals surface area contributed by atoms with Gasteiger partial charge in [-0.25, -0.2) is 4.79 Å². The quantitative estimate of drug-likeness (QED) is 0.825. The number of hydrogen-bond acceptors (Lipinski definition) is 3. The number of alkyl halides is 3. The van der Waals surface area contributed by atoms with E-state index in [-0.39, 0.29) is 5.69 Å². The molecule has 0 aliphatic carbocycles. The van der Waals surface area contributed by atoms with Crippen LogP contribution >= 0.6 is 0 Å². The first-order valence-electron chi connectivity index (χ1n) is 4.66. The van der Waals surface area contributed by atoms with Gasteiger partial charge < -0.3 is 10.8 Å². The highest BCUT2D eigenvalue weighted by molar-refractivity contribution is 5.80. The second-order valence-corrected chi connectivity index (χ2v) is 3.85. The first-order valence-corrected chi connectivity index (χ1v) is 4.66. The Kier molecular flexibility index (Phi) is 3.19. The van der Waals surface area contributed by atoms with E-state index in [4.69, 9.17) is 10.8 Å². The lowest BCUT2D eigenvalue weighted by atomic mass is 9.94. The molecule has 0 radical (unpaired) electrons. The monoisotopic (exact) mass is 251 g/mol. The molecule has 0 spiro atoms. The fraction of sp³-hybridized carbons (Fsp3) is 0.556. The number of carboxylic acid groups (broad SMARTS) is 1. The van der Waals surface area contributed by atoms with Gasteiger partial charge in [-0.05, 0) is 13.0 Å². The van der Waals surface area contributed by atoms with Crippen molar-refractivity contribution in [2.45, 2.75) is 25.1 Å². The van der Waals surface area contributed by atoms with E-state index in [1.54, 1.807) is 6.92 Å². The van der Waals surface area contributed by atoms with Gasteiger partial charge in [-0.1, -0.05) is 0 Å². The number of aromatic nitrogens is 2. The minimum atomic E-state index is -5.03. The zero-order chi connectivity index (χ0) is 13.4. The number of nitrogens with two attached hydrogens (primary N) is 1. The summed E-state index contributed by atoms with van der Waals surface area (Å²) >= 11 is 0. The first kappa shape index (κ1) is 13.5. The van der Waals surface area contributed by atoms with Crippen molar-refractivity contribution in [3.05, 3.63) is 17.5 Å². The van der Waals surface area contributed by atoms with Gasteiger partial charge in [0.25, 0.3) is 0 Å². The molecule has 0 aromatic carbocycles. The van der Waals surface area contributed by atoms with Gasteiger partial charge >= 0.3 is 12.1 Å². The highest BCUT2D eigenvalue weighted by Gasteiger charge is 2.58. The van der Waals surface area contributed by atoms with Crippen molar-refractivity contribution >= 4 is 5.97 Å². The molecule has 0 fully saturated rings. The third kappa shape index (κ3) is 2.41. The summed E-state index contributed by atoms with van der Waals surface area (Å²) in [5, 5.41) is 12.5. The molecule has 1 aromatic rings. The lowest BCUT2D eigenvalue weighted by molar-refractivity contribution is -0.201. The van der Waals surface area contributed by atoms with Crippen LogP contribution in [0.5, 0.6) is 0 Å². The SMILES string of the molecule is Cc1cc(CC(N)(C(=O)O)C(F)(F)F)n(C)n1. The van der Waals surface area contributed by atoms with E-state index in [1.165, 1.54) is 17.8 Å². The number of aliphatic carboxylic acids is 1. The minimum Gasteiger partial charge on any atom is -0.480 e. The van der Waals surface area contributed by atoms with Gasteiger partial charge in [-0.2, -0.15) is 18.3 Å². The number of aryl methyl sites for hydroxylation is 2. The van der Waals surface area contributed by atoms with Gasteiger partial charge in [0.15, 0.2) is 0 Å². The Balaban J connectivity index is 3.12. The van der Waals surface area contributed by atoms with Gasteiger partial charge in [0, 0.05) is 19.2 Å². The van der Waals surface area contributed by atoms with Crippen molar-refractivity contribution in [3.8, 4) is 0 Å². The fourth-order valence-electron chi connectivity index (χ4n) is 1.41. The number of carboxylic acids is 1. The van der Waals surface area contributed by atoms with Crippen molar-refractivity contribution in [2.24, 2.45) is 12.8 Å². The third-order valence-corrected chi connectivity index (χ3v) is 2.45. The summed E-state index contributed by atoms with van der Waals surface area (Å²) in [5.74, 6) is -2.11. The van der Waals surface area contributed by atoms with E-state index in [0.717, 1.165) is 0 Å². The molecule has 3 N–H and O–H groups in total. The summed E-state index contributed by atoms with van der Waals surface area (Å²) in [4.78, 5) is 10.7. The fourth-order valence-corrected chi connectivity index (χ4v) is 1.41. The van der Waals surface area contributed by atoms with Crippen molar-refractivity contribution < 1.29 is 23.1 Å². The van der Waals surface area contributed by atoms with Crippen molar-refractivity contribution in [1.82, 2.24) is 9.78 Å². The Morgan fingerprint density at radius 1 is 1.59 bits per heavy atom. The van der Waals surface area contributed by atoms with Crippen LogP contribution in [0.2, 0.25) is 0 Å². The van der Waals surface area contributed by atoms with Crippen LogP contribution in [-0.2, 0) is 18.3 Å². The standard InChI is InChI=1S/C9H12F3N3O2/c1-5-3-6(15(2)14-5)4-8(13,7(16)17)9(10,11)12/h3H,4,13H2,1-2H3,(H,16,17). The number of rotatable bonds is 3. The predicted octanol–water partition coefficient (Wildman–Crippen LogP) is 0.615. The summed E-state index contributed by atoms with van der Waals surface area (Å²) < 4.78 is 39.1. The van der Waals surface area contributed by atoms with E-state index in [1.807, 2.05) is 0 Å². The predicted molar refractivity (Wildman–Crippen MR) is 52.3 cm³/mol. The lowest BCUT2D eigenvalue weighted by Gasteiger charge is -2.27. The Morgan fingerprint density at radius 2 is 2.12 bits per heavy atom. The molecule has 0 amide bonds. The Hall–Kier alpha value is -1.57. The summed E-state index contributed by atoms with van der Waals surface area (Å²) in [5.41, 5.74) is 2.28. The van der Waals surface area contributed by atoms with Crippen LogP contribution in [0.4, 0.5) is 13.2 Å². The molecule has 0 saturated heterocycles. The normalized spacial score (nSPS) is 15.6. The zero-order valence-corrected chi connectivity index (χ0v) is 9.25. The van der Waals surface area contributed by atoms with Crippen LogP contribution < -0.4 is 5.73 Å². The van der Waals surface area contributed by atoms with Crippen molar-refractivity contribution in [1.29, 1.82) is 0 Å². The maximum Gasteiger partial charge on any atom is 0.417 e. The molecule has 5 nitrogen and oxygen atoms in total. The molecule has 17 heavy (non-hydrogen) atoms. The number of nitrogens with zero attached hydrogens (tertiary/aromatic N) is 2. The summed E-state index contributed by atoms with van der Waals surface area (Å²) in [7, 11) is 1.43. The Bertz CT molecular complexity index is 441. The highest BCUT2D eigenvalue weighted by atomic mass is 19.4. The maximum atomic E-state index is 12.6. The molecule has 0 aliphatic rings. The molecular weight excluding hydrogens is 239 g/mol.